The monoisotopic (exact) mass is 661 g/mol. The van der Waals surface area contributed by atoms with Crippen LogP contribution in [0.5, 0.6) is 28.7 Å². The molecular formula is C35H30F3N3O7. The second-order valence-corrected chi connectivity index (χ2v) is 10.1. The Balaban J connectivity index is 1.39. The maximum Gasteiger partial charge on any atom is 0.418 e. The normalized spacial score (nSPS) is 11.4. The van der Waals surface area contributed by atoms with E-state index in [1.54, 1.807) is 49.4 Å². The van der Waals surface area contributed by atoms with Gasteiger partial charge in [-0.3, -0.25) is 4.79 Å². The number of carbonyl (C=O) groups excluding carboxylic acids is 2. The van der Waals surface area contributed by atoms with E-state index in [0.717, 1.165) is 6.07 Å². The summed E-state index contributed by atoms with van der Waals surface area (Å²) in [6, 6.07) is 19.9. The van der Waals surface area contributed by atoms with Gasteiger partial charge in [0.25, 0.3) is 5.91 Å². The number of aromatic nitrogens is 1. The van der Waals surface area contributed by atoms with E-state index in [0.29, 0.717) is 22.4 Å². The van der Waals surface area contributed by atoms with Crippen LogP contribution in [0.4, 0.5) is 13.2 Å². The molecule has 48 heavy (non-hydrogen) atoms. The average Bonchev–Trinajstić information content (AvgIpc) is 3.48. The van der Waals surface area contributed by atoms with E-state index in [2.05, 4.69) is 15.5 Å². The minimum Gasteiger partial charge on any atom is -0.493 e. The summed E-state index contributed by atoms with van der Waals surface area (Å²) in [5, 5.41) is 4.26. The molecule has 10 nitrogen and oxygen atoms in total. The summed E-state index contributed by atoms with van der Waals surface area (Å²) in [5.74, 6) is -0.286. The lowest BCUT2D eigenvalue weighted by atomic mass is 10.0. The summed E-state index contributed by atoms with van der Waals surface area (Å²) in [4.78, 5) is 29.1. The predicted octanol–water partition coefficient (Wildman–Crippen LogP) is 7.26. The molecule has 0 radical (unpaired) electrons. The lowest BCUT2D eigenvalue weighted by Gasteiger charge is -2.15. The molecule has 4 aromatic carbocycles. The fourth-order valence-corrected chi connectivity index (χ4v) is 5.07. The number of rotatable bonds is 11. The number of methoxy groups -OCH3 is 3. The quantitative estimate of drug-likeness (QED) is 0.0662. The van der Waals surface area contributed by atoms with Crippen molar-refractivity contribution in [1.29, 1.82) is 0 Å². The fourth-order valence-electron chi connectivity index (χ4n) is 5.07. The third-order valence-corrected chi connectivity index (χ3v) is 7.18. The van der Waals surface area contributed by atoms with Crippen LogP contribution >= 0.6 is 0 Å². The zero-order chi connectivity index (χ0) is 34.4. The van der Waals surface area contributed by atoms with Crippen LogP contribution in [0.1, 0.15) is 38.9 Å². The second-order valence-electron chi connectivity index (χ2n) is 10.1. The number of alkyl halides is 3. The molecule has 1 aromatic heterocycles. The molecular weight excluding hydrogens is 631 g/mol. The Hall–Kier alpha value is -5.98. The van der Waals surface area contributed by atoms with Crippen LogP contribution in [0.2, 0.25) is 0 Å². The van der Waals surface area contributed by atoms with Gasteiger partial charge in [0.2, 0.25) is 5.75 Å². The van der Waals surface area contributed by atoms with Crippen LogP contribution in [0.15, 0.2) is 84.0 Å². The number of halogens is 3. The number of carbonyl (C=O) groups is 2. The van der Waals surface area contributed by atoms with Crippen molar-refractivity contribution in [3.63, 3.8) is 0 Å². The van der Waals surface area contributed by atoms with Gasteiger partial charge in [-0.2, -0.15) is 18.3 Å². The van der Waals surface area contributed by atoms with Gasteiger partial charge >= 0.3 is 12.1 Å². The summed E-state index contributed by atoms with van der Waals surface area (Å²) >= 11 is 0. The van der Waals surface area contributed by atoms with E-state index in [1.165, 1.54) is 57.9 Å². The molecule has 0 aliphatic carbocycles. The second kappa shape index (κ2) is 14.2. The van der Waals surface area contributed by atoms with Gasteiger partial charge in [0.1, 0.15) is 5.69 Å². The molecule has 0 aliphatic heterocycles. The number of amides is 1. The maximum absolute atomic E-state index is 13.8. The van der Waals surface area contributed by atoms with Crippen LogP contribution in [-0.4, -0.2) is 51.0 Å². The third-order valence-electron chi connectivity index (χ3n) is 7.18. The van der Waals surface area contributed by atoms with Crippen molar-refractivity contribution in [2.24, 2.45) is 5.10 Å². The summed E-state index contributed by atoms with van der Waals surface area (Å²) in [6.07, 6.45) is -3.32. The highest BCUT2D eigenvalue weighted by atomic mass is 19.4. The van der Waals surface area contributed by atoms with Gasteiger partial charge in [-0.05, 0) is 54.4 Å². The van der Waals surface area contributed by atoms with E-state index in [1.807, 2.05) is 0 Å². The Bertz CT molecular complexity index is 1960. The van der Waals surface area contributed by atoms with Crippen molar-refractivity contribution in [3.8, 4) is 39.9 Å². The largest absolute Gasteiger partial charge is 0.493 e. The number of benzene rings is 4. The standard InChI is InChI=1S/C35H30F3N3O7/c1-5-47-26-16-20(14-15-25(26)48-34(43)22-17-27(44-2)32(46-4)28(18-22)45-3)19-39-41-33(42)31-29(21-10-7-6-8-11-21)23-12-9-13-24(30(23)40-31)35(36,37)38/h6-19,40H,5H2,1-4H3,(H,41,42). The van der Waals surface area contributed by atoms with Crippen molar-refractivity contribution < 1.29 is 46.4 Å². The molecule has 0 aliphatic rings. The Labute approximate surface area is 273 Å². The predicted molar refractivity (Wildman–Crippen MR) is 172 cm³/mol. The topological polar surface area (TPSA) is 120 Å². The fraction of sp³-hybridized carbons (Fsp3) is 0.171. The SMILES string of the molecule is CCOc1cc(C=NNC(=O)c2[nH]c3c(C(F)(F)F)cccc3c2-c2ccccc2)ccc1OC(=O)c1cc(OC)c(OC)c(OC)c1. The van der Waals surface area contributed by atoms with Gasteiger partial charge in [-0.15, -0.1) is 0 Å². The summed E-state index contributed by atoms with van der Waals surface area (Å²) in [6.45, 7) is 2.00. The first-order valence-electron chi connectivity index (χ1n) is 14.5. The van der Waals surface area contributed by atoms with Crippen LogP contribution in [-0.2, 0) is 6.18 Å². The summed E-state index contributed by atoms with van der Waals surface area (Å²) in [5.41, 5.74) is 2.65. The Morgan fingerprint density at radius 2 is 1.56 bits per heavy atom. The first-order chi connectivity index (χ1) is 23.1. The van der Waals surface area contributed by atoms with Gasteiger partial charge in [0.15, 0.2) is 23.0 Å². The molecule has 1 heterocycles. The Kier molecular flexibility index (Phi) is 9.88. The number of ether oxygens (including phenoxy) is 5. The number of para-hydroxylation sites is 1. The van der Waals surface area contributed by atoms with Crippen LogP contribution in [0.3, 0.4) is 0 Å². The first kappa shape index (κ1) is 33.4. The number of nitrogens with zero attached hydrogens (tertiary/aromatic N) is 1. The van der Waals surface area contributed by atoms with E-state index >= 15 is 0 Å². The van der Waals surface area contributed by atoms with Gasteiger partial charge in [-0.25, -0.2) is 10.2 Å². The molecule has 0 saturated carbocycles. The minimum atomic E-state index is -4.64. The van der Waals surface area contributed by atoms with Crippen molar-refractivity contribution in [1.82, 2.24) is 10.4 Å². The number of hydrogen-bond donors (Lipinski definition) is 2. The lowest BCUT2D eigenvalue weighted by Crippen LogP contribution is -2.19. The molecule has 0 unspecified atom stereocenters. The van der Waals surface area contributed by atoms with E-state index in [4.69, 9.17) is 23.7 Å². The maximum atomic E-state index is 13.8. The van der Waals surface area contributed by atoms with Crippen molar-refractivity contribution in [2.45, 2.75) is 13.1 Å². The molecule has 1 amide bonds. The van der Waals surface area contributed by atoms with Gasteiger partial charge in [0.05, 0.1) is 50.8 Å². The number of hydrogen-bond acceptors (Lipinski definition) is 8. The molecule has 0 fully saturated rings. The average molecular weight is 662 g/mol. The molecule has 2 N–H and O–H groups in total. The number of H-pyrrole nitrogens is 1. The molecule has 0 atom stereocenters. The number of aromatic amines is 1. The molecule has 0 spiro atoms. The van der Waals surface area contributed by atoms with Crippen molar-refractivity contribution >= 4 is 29.0 Å². The van der Waals surface area contributed by atoms with Gasteiger partial charge in [0, 0.05) is 10.9 Å². The number of esters is 1. The van der Waals surface area contributed by atoms with Crippen molar-refractivity contribution in [2.75, 3.05) is 27.9 Å². The highest BCUT2D eigenvalue weighted by Crippen LogP contribution is 2.40. The summed E-state index contributed by atoms with van der Waals surface area (Å²) in [7, 11) is 4.29. The highest BCUT2D eigenvalue weighted by Gasteiger charge is 2.34. The smallest absolute Gasteiger partial charge is 0.418 e. The number of hydrazone groups is 1. The van der Waals surface area contributed by atoms with Gasteiger partial charge < -0.3 is 28.7 Å². The first-order valence-corrected chi connectivity index (χ1v) is 14.5. The Morgan fingerprint density at radius 3 is 2.19 bits per heavy atom. The molecule has 5 aromatic rings. The van der Waals surface area contributed by atoms with E-state index in [-0.39, 0.29) is 51.8 Å². The molecule has 5 rings (SSSR count). The molecule has 13 heteroatoms. The van der Waals surface area contributed by atoms with E-state index < -0.39 is 23.6 Å². The minimum absolute atomic E-state index is 0.0888. The van der Waals surface area contributed by atoms with Crippen molar-refractivity contribution in [3.05, 3.63) is 101 Å². The summed E-state index contributed by atoms with van der Waals surface area (Å²) < 4.78 is 68.7. The number of nitrogens with one attached hydrogen (secondary N) is 2. The van der Waals surface area contributed by atoms with E-state index in [9.17, 15) is 22.8 Å². The van der Waals surface area contributed by atoms with Gasteiger partial charge in [-0.1, -0.05) is 42.5 Å². The molecule has 0 bridgehead atoms. The molecule has 0 saturated heterocycles. The highest BCUT2D eigenvalue weighted by molar-refractivity contribution is 6.10. The zero-order valence-electron chi connectivity index (χ0n) is 26.2. The van der Waals surface area contributed by atoms with Crippen LogP contribution in [0.25, 0.3) is 22.0 Å². The lowest BCUT2D eigenvalue weighted by molar-refractivity contribution is -0.136. The zero-order valence-corrected chi connectivity index (χ0v) is 26.2. The Morgan fingerprint density at radius 1 is 0.854 bits per heavy atom. The van der Waals surface area contributed by atoms with Crippen LogP contribution < -0.4 is 29.1 Å². The third kappa shape index (κ3) is 6.89. The number of fused-ring (bicyclic) bond motifs is 1. The molecule has 248 valence electrons. The van der Waals surface area contributed by atoms with Crippen LogP contribution in [0, 0.1) is 0 Å².